The van der Waals surface area contributed by atoms with Crippen molar-refractivity contribution in [3.8, 4) is 0 Å². The Morgan fingerprint density at radius 2 is 1.83 bits per heavy atom. The zero-order chi connectivity index (χ0) is 13.2. The van der Waals surface area contributed by atoms with E-state index in [4.69, 9.17) is 9.47 Å². The second-order valence-corrected chi connectivity index (χ2v) is 5.20. The molecule has 1 spiro atoms. The van der Waals surface area contributed by atoms with Gasteiger partial charge in [0, 0.05) is 0 Å². The average molecular weight is 256 g/mol. The standard InChI is InChI=1S/C13H20O5/c1-17-11(15)9-10(14)12(16)18-13(9)7-5-3-2-4-6-8-13/h9-10,14H,2-8H2,1H3. The van der Waals surface area contributed by atoms with Gasteiger partial charge in [0.15, 0.2) is 6.10 Å². The third-order valence-corrected chi connectivity index (χ3v) is 4.08. The molecule has 1 heterocycles. The van der Waals surface area contributed by atoms with Gasteiger partial charge in [0.05, 0.1) is 7.11 Å². The molecule has 2 fully saturated rings. The van der Waals surface area contributed by atoms with Crippen LogP contribution in [0, 0.1) is 5.92 Å². The van der Waals surface area contributed by atoms with E-state index in [9.17, 15) is 14.7 Å². The van der Waals surface area contributed by atoms with Crippen molar-refractivity contribution in [1.82, 2.24) is 0 Å². The van der Waals surface area contributed by atoms with Crippen LogP contribution in [0.25, 0.3) is 0 Å². The van der Waals surface area contributed by atoms with Crippen molar-refractivity contribution in [2.24, 2.45) is 5.92 Å². The van der Waals surface area contributed by atoms with E-state index in [0.29, 0.717) is 12.8 Å². The van der Waals surface area contributed by atoms with E-state index in [2.05, 4.69) is 0 Å². The molecule has 18 heavy (non-hydrogen) atoms. The molecule has 0 aromatic rings. The quantitative estimate of drug-likeness (QED) is 0.713. The average Bonchev–Trinajstić information content (AvgIpc) is 2.57. The van der Waals surface area contributed by atoms with Crippen LogP contribution in [0.4, 0.5) is 0 Å². The number of aliphatic hydroxyl groups is 1. The second-order valence-electron chi connectivity index (χ2n) is 5.20. The third-order valence-electron chi connectivity index (χ3n) is 4.08. The molecule has 1 aliphatic heterocycles. The summed E-state index contributed by atoms with van der Waals surface area (Å²) in [7, 11) is 1.27. The zero-order valence-corrected chi connectivity index (χ0v) is 10.7. The van der Waals surface area contributed by atoms with Crippen molar-refractivity contribution in [3.63, 3.8) is 0 Å². The molecule has 0 bridgehead atoms. The Bertz CT molecular complexity index is 330. The van der Waals surface area contributed by atoms with Gasteiger partial charge in [-0.15, -0.1) is 0 Å². The largest absolute Gasteiger partial charge is 0.469 e. The van der Waals surface area contributed by atoms with Crippen LogP contribution in [0.3, 0.4) is 0 Å². The minimum absolute atomic E-state index is 0.547. The predicted molar refractivity (Wildman–Crippen MR) is 62.7 cm³/mol. The number of esters is 2. The van der Waals surface area contributed by atoms with Gasteiger partial charge in [-0.25, -0.2) is 4.79 Å². The second kappa shape index (κ2) is 5.26. The smallest absolute Gasteiger partial charge is 0.336 e. The van der Waals surface area contributed by atoms with Gasteiger partial charge in [0.25, 0.3) is 0 Å². The minimum atomic E-state index is -1.38. The maximum Gasteiger partial charge on any atom is 0.336 e. The van der Waals surface area contributed by atoms with Crippen LogP contribution in [0.15, 0.2) is 0 Å². The number of hydrogen-bond acceptors (Lipinski definition) is 5. The summed E-state index contributed by atoms with van der Waals surface area (Å²) in [6.45, 7) is 0. The highest BCUT2D eigenvalue weighted by atomic mass is 16.6. The number of carbonyl (C=O) groups excluding carboxylic acids is 2. The molecule has 1 saturated carbocycles. The Labute approximate surface area is 106 Å². The van der Waals surface area contributed by atoms with Crippen molar-refractivity contribution in [1.29, 1.82) is 0 Å². The molecule has 5 heteroatoms. The number of ether oxygens (including phenoxy) is 2. The Kier molecular flexibility index (Phi) is 3.90. The summed E-state index contributed by atoms with van der Waals surface area (Å²) in [5.74, 6) is -2.10. The lowest BCUT2D eigenvalue weighted by atomic mass is 9.77. The summed E-state index contributed by atoms with van der Waals surface area (Å²) in [6, 6.07) is 0. The van der Waals surface area contributed by atoms with Crippen molar-refractivity contribution >= 4 is 11.9 Å². The van der Waals surface area contributed by atoms with Crippen LogP contribution < -0.4 is 0 Å². The molecule has 1 aliphatic carbocycles. The highest BCUT2D eigenvalue weighted by molar-refractivity contribution is 5.88. The van der Waals surface area contributed by atoms with Gasteiger partial charge in [0.2, 0.25) is 0 Å². The van der Waals surface area contributed by atoms with Crippen LogP contribution in [0.5, 0.6) is 0 Å². The normalized spacial score (nSPS) is 31.6. The highest BCUT2D eigenvalue weighted by Gasteiger charge is 2.58. The summed E-state index contributed by atoms with van der Waals surface area (Å²) in [4.78, 5) is 23.4. The Hall–Kier alpha value is -1.10. The first kappa shape index (κ1) is 13.3. The molecule has 2 unspecified atom stereocenters. The fraction of sp³-hybridized carbons (Fsp3) is 0.846. The van der Waals surface area contributed by atoms with Gasteiger partial charge in [-0.05, 0) is 25.7 Å². The molecule has 0 amide bonds. The van der Waals surface area contributed by atoms with Gasteiger partial charge in [0.1, 0.15) is 11.5 Å². The van der Waals surface area contributed by atoms with Crippen LogP contribution >= 0.6 is 0 Å². The first-order valence-corrected chi connectivity index (χ1v) is 6.59. The van der Waals surface area contributed by atoms with Gasteiger partial charge >= 0.3 is 11.9 Å². The SMILES string of the molecule is COC(=O)C1C(O)C(=O)OC12CCCCCCC2. The first-order chi connectivity index (χ1) is 8.60. The third kappa shape index (κ3) is 2.23. The van der Waals surface area contributed by atoms with E-state index in [1.807, 2.05) is 0 Å². The van der Waals surface area contributed by atoms with Crippen molar-refractivity contribution in [2.75, 3.05) is 7.11 Å². The molecule has 1 N–H and O–H groups in total. The van der Waals surface area contributed by atoms with Gasteiger partial charge < -0.3 is 14.6 Å². The first-order valence-electron chi connectivity index (χ1n) is 6.59. The lowest BCUT2D eigenvalue weighted by Crippen LogP contribution is -2.44. The van der Waals surface area contributed by atoms with E-state index >= 15 is 0 Å². The molecule has 0 aromatic carbocycles. The van der Waals surface area contributed by atoms with Gasteiger partial charge in [-0.3, -0.25) is 4.79 Å². The molecule has 2 atom stereocenters. The lowest BCUT2D eigenvalue weighted by molar-refractivity contribution is -0.158. The van der Waals surface area contributed by atoms with E-state index in [1.54, 1.807) is 0 Å². The van der Waals surface area contributed by atoms with Crippen molar-refractivity contribution < 1.29 is 24.2 Å². The molecule has 1 saturated heterocycles. The predicted octanol–water partition coefficient (Wildman–Crippen LogP) is 1.18. The fourth-order valence-electron chi connectivity index (χ4n) is 3.14. The Morgan fingerprint density at radius 3 is 2.39 bits per heavy atom. The van der Waals surface area contributed by atoms with E-state index in [-0.39, 0.29) is 0 Å². The van der Waals surface area contributed by atoms with Gasteiger partial charge in [-0.2, -0.15) is 0 Å². The maximum absolute atomic E-state index is 11.8. The van der Waals surface area contributed by atoms with E-state index in [0.717, 1.165) is 25.7 Å². The monoisotopic (exact) mass is 256 g/mol. The number of methoxy groups -OCH3 is 1. The molecule has 2 rings (SSSR count). The maximum atomic E-state index is 11.8. The van der Waals surface area contributed by atoms with Crippen LogP contribution in [-0.2, 0) is 19.1 Å². The fourth-order valence-corrected chi connectivity index (χ4v) is 3.14. The summed E-state index contributed by atoms with van der Waals surface area (Å²) < 4.78 is 10.1. The number of carbonyl (C=O) groups is 2. The molecule has 102 valence electrons. The Morgan fingerprint density at radius 1 is 1.28 bits per heavy atom. The van der Waals surface area contributed by atoms with E-state index in [1.165, 1.54) is 13.5 Å². The summed E-state index contributed by atoms with van der Waals surface area (Å²) in [5, 5.41) is 9.86. The molecule has 0 radical (unpaired) electrons. The highest BCUT2D eigenvalue weighted by Crippen LogP contribution is 2.43. The Balaban J connectivity index is 2.25. The molecular weight excluding hydrogens is 236 g/mol. The van der Waals surface area contributed by atoms with Crippen LogP contribution in [0.2, 0.25) is 0 Å². The summed E-state index contributed by atoms with van der Waals surface area (Å²) in [5.41, 5.74) is -0.843. The molecular formula is C13H20O5. The van der Waals surface area contributed by atoms with Crippen molar-refractivity contribution in [2.45, 2.75) is 56.7 Å². The lowest BCUT2D eigenvalue weighted by Gasteiger charge is -2.33. The van der Waals surface area contributed by atoms with Crippen LogP contribution in [0.1, 0.15) is 44.9 Å². The molecule has 5 nitrogen and oxygen atoms in total. The minimum Gasteiger partial charge on any atom is -0.469 e. The molecule has 2 aliphatic rings. The number of rotatable bonds is 1. The number of hydrogen-bond donors (Lipinski definition) is 1. The van der Waals surface area contributed by atoms with E-state index < -0.39 is 29.6 Å². The molecule has 0 aromatic heterocycles. The number of aliphatic hydroxyl groups excluding tert-OH is 1. The topological polar surface area (TPSA) is 72.8 Å². The van der Waals surface area contributed by atoms with Gasteiger partial charge in [-0.1, -0.05) is 19.3 Å². The van der Waals surface area contributed by atoms with Crippen molar-refractivity contribution in [3.05, 3.63) is 0 Å². The summed E-state index contributed by atoms with van der Waals surface area (Å²) in [6.07, 6.45) is 5.03. The van der Waals surface area contributed by atoms with Crippen LogP contribution in [-0.4, -0.2) is 35.9 Å². The zero-order valence-electron chi connectivity index (χ0n) is 10.7. The summed E-state index contributed by atoms with van der Waals surface area (Å²) >= 11 is 0.